The molecule has 0 radical (unpaired) electrons. The topological polar surface area (TPSA) is 66.1 Å². The molecule has 0 unspecified atom stereocenters. The second-order valence-corrected chi connectivity index (χ2v) is 5.48. The molecule has 130 valence electrons. The molecule has 0 aliphatic rings. The first-order chi connectivity index (χ1) is 12.1. The third-order valence-corrected chi connectivity index (χ3v) is 3.83. The summed E-state index contributed by atoms with van der Waals surface area (Å²) in [5.41, 5.74) is 1.94. The fourth-order valence-corrected chi connectivity index (χ4v) is 2.56. The van der Waals surface area contributed by atoms with Gasteiger partial charge < -0.3 is 20.4 Å². The monoisotopic (exact) mass is 345 g/mol. The van der Waals surface area contributed by atoms with Crippen molar-refractivity contribution in [2.24, 2.45) is 0 Å². The van der Waals surface area contributed by atoms with E-state index in [0.29, 0.717) is 13.0 Å². The summed E-state index contributed by atoms with van der Waals surface area (Å²) in [6.45, 7) is 0.360. The number of aromatic nitrogens is 1. The summed E-state index contributed by atoms with van der Waals surface area (Å²) in [7, 11) is 1.61. The molecule has 7 heteroatoms. The molecule has 0 saturated carbocycles. The van der Waals surface area contributed by atoms with Crippen LogP contribution in [-0.4, -0.2) is 24.7 Å². The number of methoxy groups -OCH3 is 1. The predicted molar refractivity (Wildman–Crippen MR) is 91.9 cm³/mol. The maximum Gasteiger partial charge on any atom is 0.319 e. The van der Waals surface area contributed by atoms with Gasteiger partial charge in [0.2, 0.25) is 0 Å². The van der Waals surface area contributed by atoms with E-state index in [1.807, 2.05) is 24.4 Å². The van der Waals surface area contributed by atoms with E-state index >= 15 is 0 Å². The van der Waals surface area contributed by atoms with E-state index in [9.17, 15) is 13.6 Å². The summed E-state index contributed by atoms with van der Waals surface area (Å²) >= 11 is 0. The summed E-state index contributed by atoms with van der Waals surface area (Å²) in [4.78, 5) is 15.0. The molecule has 25 heavy (non-hydrogen) atoms. The van der Waals surface area contributed by atoms with Crippen LogP contribution in [0.3, 0.4) is 0 Å². The van der Waals surface area contributed by atoms with Crippen molar-refractivity contribution < 1.29 is 18.3 Å². The smallest absolute Gasteiger partial charge is 0.319 e. The zero-order chi connectivity index (χ0) is 17.8. The highest BCUT2D eigenvalue weighted by atomic mass is 19.1. The minimum absolute atomic E-state index is 0.0734. The van der Waals surface area contributed by atoms with E-state index in [1.165, 1.54) is 6.07 Å². The van der Waals surface area contributed by atoms with Crippen molar-refractivity contribution in [1.29, 1.82) is 0 Å². The molecule has 3 rings (SSSR count). The van der Waals surface area contributed by atoms with E-state index in [0.717, 1.165) is 34.3 Å². The summed E-state index contributed by atoms with van der Waals surface area (Å²) in [6, 6.07) is 8.14. The van der Waals surface area contributed by atoms with Crippen molar-refractivity contribution in [3.05, 3.63) is 59.8 Å². The van der Waals surface area contributed by atoms with E-state index in [-0.39, 0.29) is 5.69 Å². The molecule has 5 nitrogen and oxygen atoms in total. The Bertz CT molecular complexity index is 908. The minimum atomic E-state index is -0.820. The summed E-state index contributed by atoms with van der Waals surface area (Å²) in [5, 5.41) is 6.02. The number of nitrogens with one attached hydrogen (secondary N) is 3. The van der Waals surface area contributed by atoms with Gasteiger partial charge in [0.05, 0.1) is 12.8 Å². The number of anilines is 1. The number of rotatable bonds is 5. The molecule has 1 heterocycles. The van der Waals surface area contributed by atoms with Crippen LogP contribution in [0.2, 0.25) is 0 Å². The first-order valence-electron chi connectivity index (χ1n) is 7.70. The predicted octanol–water partition coefficient (Wildman–Crippen LogP) is 3.82. The molecule has 1 aromatic heterocycles. The number of amides is 2. The average Bonchev–Trinajstić information content (AvgIpc) is 2.99. The van der Waals surface area contributed by atoms with Gasteiger partial charge in [-0.05, 0) is 42.3 Å². The normalized spacial score (nSPS) is 10.7. The lowest BCUT2D eigenvalue weighted by Gasteiger charge is -2.08. The maximum atomic E-state index is 13.5. The third-order valence-electron chi connectivity index (χ3n) is 3.83. The van der Waals surface area contributed by atoms with Crippen LogP contribution in [0, 0.1) is 11.6 Å². The van der Waals surface area contributed by atoms with Gasteiger partial charge in [0.25, 0.3) is 0 Å². The molecule has 0 saturated heterocycles. The molecular formula is C18H17F2N3O2. The number of ether oxygens (including phenoxy) is 1. The molecule has 3 N–H and O–H groups in total. The van der Waals surface area contributed by atoms with E-state index in [2.05, 4.69) is 15.6 Å². The van der Waals surface area contributed by atoms with Crippen molar-refractivity contribution in [1.82, 2.24) is 10.3 Å². The van der Waals surface area contributed by atoms with Crippen LogP contribution < -0.4 is 15.4 Å². The summed E-state index contributed by atoms with van der Waals surface area (Å²) < 4.78 is 31.6. The Hall–Kier alpha value is -3.09. The van der Waals surface area contributed by atoms with Gasteiger partial charge in [-0.3, -0.25) is 0 Å². The number of hydrogen-bond donors (Lipinski definition) is 3. The highest BCUT2D eigenvalue weighted by molar-refractivity contribution is 5.89. The standard InChI is InChI=1S/C18H17F2N3O2/c1-25-13-3-5-16-14(9-13)11(10-22-16)6-7-21-18(24)23-17-4-2-12(19)8-15(17)20/h2-5,8-10,22H,6-7H2,1H3,(H2,21,23,24). The van der Waals surface area contributed by atoms with Crippen LogP contribution in [0.15, 0.2) is 42.6 Å². The number of aromatic amines is 1. The Morgan fingerprint density at radius 3 is 2.80 bits per heavy atom. The number of hydrogen-bond acceptors (Lipinski definition) is 2. The number of halogens is 2. The quantitative estimate of drug-likeness (QED) is 0.658. The molecule has 0 fully saturated rings. The zero-order valence-electron chi connectivity index (χ0n) is 13.5. The van der Waals surface area contributed by atoms with Gasteiger partial charge in [0.1, 0.15) is 17.4 Å². The van der Waals surface area contributed by atoms with Gasteiger partial charge in [-0.25, -0.2) is 13.6 Å². The number of fused-ring (bicyclic) bond motifs is 1. The largest absolute Gasteiger partial charge is 0.497 e. The van der Waals surface area contributed by atoms with E-state index in [4.69, 9.17) is 4.74 Å². The zero-order valence-corrected chi connectivity index (χ0v) is 13.5. The van der Waals surface area contributed by atoms with Crippen LogP contribution in [0.4, 0.5) is 19.3 Å². The summed E-state index contributed by atoms with van der Waals surface area (Å²) in [5.74, 6) is -0.761. The number of carbonyl (C=O) groups excluding carboxylic acids is 1. The molecule has 0 aliphatic heterocycles. The van der Waals surface area contributed by atoms with Crippen molar-refractivity contribution in [2.45, 2.75) is 6.42 Å². The van der Waals surface area contributed by atoms with E-state index < -0.39 is 17.7 Å². The van der Waals surface area contributed by atoms with Crippen molar-refractivity contribution in [3.8, 4) is 5.75 Å². The molecular weight excluding hydrogens is 328 g/mol. The average molecular weight is 345 g/mol. The first-order valence-corrected chi connectivity index (χ1v) is 7.70. The Morgan fingerprint density at radius 2 is 2.04 bits per heavy atom. The van der Waals surface area contributed by atoms with Gasteiger partial charge in [-0.2, -0.15) is 0 Å². The highest BCUT2D eigenvalue weighted by Crippen LogP contribution is 2.23. The van der Waals surface area contributed by atoms with Gasteiger partial charge in [-0.15, -0.1) is 0 Å². The number of carbonyl (C=O) groups is 1. The Morgan fingerprint density at radius 1 is 1.20 bits per heavy atom. The van der Waals surface area contributed by atoms with Crippen molar-refractivity contribution in [2.75, 3.05) is 19.0 Å². The lowest BCUT2D eigenvalue weighted by atomic mass is 10.1. The SMILES string of the molecule is COc1ccc2[nH]cc(CCNC(=O)Nc3ccc(F)cc3F)c2c1. The Balaban J connectivity index is 1.58. The molecule has 0 aliphatic carbocycles. The van der Waals surface area contributed by atoms with E-state index in [1.54, 1.807) is 7.11 Å². The van der Waals surface area contributed by atoms with Gasteiger partial charge in [-0.1, -0.05) is 0 Å². The molecule has 3 aromatic rings. The van der Waals surface area contributed by atoms with Crippen LogP contribution in [-0.2, 0) is 6.42 Å². The third kappa shape index (κ3) is 3.88. The van der Waals surface area contributed by atoms with Gasteiger partial charge in [0.15, 0.2) is 0 Å². The lowest BCUT2D eigenvalue weighted by Crippen LogP contribution is -2.30. The molecule has 0 bridgehead atoms. The van der Waals surface area contributed by atoms with Crippen LogP contribution in [0.1, 0.15) is 5.56 Å². The van der Waals surface area contributed by atoms with Gasteiger partial charge >= 0.3 is 6.03 Å². The van der Waals surface area contributed by atoms with Crippen LogP contribution in [0.25, 0.3) is 10.9 Å². The van der Waals surface area contributed by atoms with Gasteiger partial charge in [0, 0.05) is 29.7 Å². The molecule has 0 spiro atoms. The fraction of sp³-hybridized carbons (Fsp3) is 0.167. The summed E-state index contributed by atoms with van der Waals surface area (Å²) in [6.07, 6.45) is 2.47. The number of benzene rings is 2. The lowest BCUT2D eigenvalue weighted by molar-refractivity contribution is 0.252. The molecule has 2 amide bonds. The maximum absolute atomic E-state index is 13.5. The second-order valence-electron chi connectivity index (χ2n) is 5.48. The molecule has 0 atom stereocenters. The second kappa shape index (κ2) is 7.21. The van der Waals surface area contributed by atoms with Crippen molar-refractivity contribution >= 4 is 22.6 Å². The minimum Gasteiger partial charge on any atom is -0.497 e. The fourth-order valence-electron chi connectivity index (χ4n) is 2.56. The highest BCUT2D eigenvalue weighted by Gasteiger charge is 2.09. The Labute approximate surface area is 143 Å². The number of H-pyrrole nitrogens is 1. The number of urea groups is 1. The first kappa shape index (κ1) is 16.8. The van der Waals surface area contributed by atoms with Crippen LogP contribution >= 0.6 is 0 Å². The Kier molecular flexibility index (Phi) is 4.83. The van der Waals surface area contributed by atoms with Crippen molar-refractivity contribution in [3.63, 3.8) is 0 Å². The molecule has 2 aromatic carbocycles. The van der Waals surface area contributed by atoms with Crippen LogP contribution in [0.5, 0.6) is 5.75 Å².